The molecule has 4 rings (SSSR count). The zero-order valence-electron chi connectivity index (χ0n) is 18.3. The molecule has 178 valence electrons. The second-order valence-electron chi connectivity index (χ2n) is 7.41. The van der Waals surface area contributed by atoms with Gasteiger partial charge >= 0.3 is 5.63 Å². The van der Waals surface area contributed by atoms with E-state index in [0.29, 0.717) is 30.0 Å². The lowest BCUT2D eigenvalue weighted by atomic mass is 10.1. The van der Waals surface area contributed by atoms with Gasteiger partial charge in [0.1, 0.15) is 17.3 Å². The Morgan fingerprint density at radius 2 is 1.88 bits per heavy atom. The Morgan fingerprint density at radius 1 is 1.21 bits per heavy atom. The first-order chi connectivity index (χ1) is 16.4. The number of amides is 1. The van der Waals surface area contributed by atoms with Crippen molar-refractivity contribution in [3.63, 3.8) is 0 Å². The van der Waals surface area contributed by atoms with Gasteiger partial charge in [0, 0.05) is 30.7 Å². The Morgan fingerprint density at radius 3 is 2.53 bits per heavy atom. The third kappa shape index (κ3) is 4.52. The molecule has 3 N–H and O–H groups in total. The average molecular weight is 506 g/mol. The molecule has 10 nitrogen and oxygen atoms in total. The van der Waals surface area contributed by atoms with Gasteiger partial charge in [-0.3, -0.25) is 4.79 Å². The Hall–Kier alpha value is -3.34. The van der Waals surface area contributed by atoms with Crippen molar-refractivity contribution in [2.24, 2.45) is 0 Å². The van der Waals surface area contributed by atoms with Crippen molar-refractivity contribution in [2.75, 3.05) is 32.6 Å². The maximum Gasteiger partial charge on any atom is 0.363 e. The molecule has 1 saturated heterocycles. The van der Waals surface area contributed by atoms with E-state index in [4.69, 9.17) is 37.1 Å². The predicted molar refractivity (Wildman–Crippen MR) is 129 cm³/mol. The van der Waals surface area contributed by atoms with Crippen molar-refractivity contribution in [2.45, 2.75) is 12.1 Å². The van der Waals surface area contributed by atoms with Gasteiger partial charge in [-0.25, -0.2) is 14.8 Å². The van der Waals surface area contributed by atoms with Crippen LogP contribution in [0.5, 0.6) is 11.5 Å². The van der Waals surface area contributed by atoms with Crippen molar-refractivity contribution >= 4 is 46.0 Å². The molecule has 1 fully saturated rings. The van der Waals surface area contributed by atoms with Gasteiger partial charge in [-0.15, -0.1) is 0 Å². The van der Waals surface area contributed by atoms with Gasteiger partial charge in [-0.1, -0.05) is 29.8 Å². The summed E-state index contributed by atoms with van der Waals surface area (Å²) in [6.07, 6.45) is 2.70. The van der Waals surface area contributed by atoms with Crippen LogP contribution in [-0.4, -0.2) is 55.3 Å². The second kappa shape index (κ2) is 9.88. The summed E-state index contributed by atoms with van der Waals surface area (Å²) in [7, 11) is 2.90. The van der Waals surface area contributed by atoms with Gasteiger partial charge in [0.15, 0.2) is 5.52 Å². The SMILES string of the molecule is C=CC(=O)N[C@H]1CNC[C@H]1Nc1ncc2cc(-c3c(Cl)c(OC)cc(OC)c3Cl)oc(=O)c2n1. The van der Waals surface area contributed by atoms with Crippen LogP contribution in [0.4, 0.5) is 5.95 Å². The third-order valence-corrected chi connectivity index (χ3v) is 6.11. The van der Waals surface area contributed by atoms with Gasteiger partial charge in [-0.2, -0.15) is 0 Å². The number of hydrogen-bond donors (Lipinski definition) is 3. The van der Waals surface area contributed by atoms with E-state index in [1.165, 1.54) is 32.6 Å². The highest BCUT2D eigenvalue weighted by molar-refractivity contribution is 6.41. The van der Waals surface area contributed by atoms with Crippen LogP contribution in [0.25, 0.3) is 22.2 Å². The Kier molecular flexibility index (Phi) is 6.92. The van der Waals surface area contributed by atoms with Crippen LogP contribution in [0.15, 0.2) is 40.2 Å². The molecule has 1 aliphatic heterocycles. The van der Waals surface area contributed by atoms with Crippen LogP contribution in [0, 0.1) is 0 Å². The molecule has 1 aromatic carbocycles. The molecule has 3 heterocycles. The monoisotopic (exact) mass is 505 g/mol. The standard InChI is InChI=1S/C22H21Cl2N5O5/c1-4-16(30)27-11-8-25-9-12(11)28-22-26-7-10-5-13(34-21(31)20(10)29-22)17-18(23)14(32-2)6-15(33-3)19(17)24/h4-7,11-12,25H,1,8-9H2,2-3H3,(H,27,30)(H,26,28,29)/t11-,12+/m0/s1. The normalized spacial score (nSPS) is 17.4. The van der Waals surface area contributed by atoms with Crippen molar-refractivity contribution in [3.05, 3.63) is 51.4 Å². The summed E-state index contributed by atoms with van der Waals surface area (Å²) >= 11 is 12.9. The largest absolute Gasteiger partial charge is 0.495 e. The zero-order valence-corrected chi connectivity index (χ0v) is 19.8. The Balaban J connectivity index is 1.69. The highest BCUT2D eigenvalue weighted by Gasteiger charge is 2.29. The summed E-state index contributed by atoms with van der Waals surface area (Å²) in [6, 6.07) is 2.72. The van der Waals surface area contributed by atoms with Gasteiger partial charge in [0.25, 0.3) is 0 Å². The molecular formula is C22H21Cl2N5O5. The molecule has 0 spiro atoms. The number of anilines is 1. The molecule has 0 aliphatic carbocycles. The highest BCUT2D eigenvalue weighted by Crippen LogP contribution is 2.45. The van der Waals surface area contributed by atoms with E-state index in [1.54, 1.807) is 6.07 Å². The molecule has 0 saturated carbocycles. The summed E-state index contributed by atoms with van der Waals surface area (Å²) in [4.78, 5) is 33.1. The number of fused-ring (bicyclic) bond motifs is 1. The fraction of sp³-hybridized carbons (Fsp3) is 0.273. The summed E-state index contributed by atoms with van der Waals surface area (Å²) in [5.41, 5.74) is -0.382. The van der Waals surface area contributed by atoms with E-state index in [0.717, 1.165) is 0 Å². The first-order valence-electron chi connectivity index (χ1n) is 10.2. The van der Waals surface area contributed by atoms with Crippen LogP contribution < -0.4 is 31.0 Å². The van der Waals surface area contributed by atoms with Crippen LogP contribution in [-0.2, 0) is 4.79 Å². The lowest BCUT2D eigenvalue weighted by molar-refractivity contribution is -0.117. The van der Waals surface area contributed by atoms with E-state index < -0.39 is 5.63 Å². The lowest BCUT2D eigenvalue weighted by Gasteiger charge is -2.20. The van der Waals surface area contributed by atoms with Crippen LogP contribution in [0.1, 0.15) is 0 Å². The maximum atomic E-state index is 12.8. The van der Waals surface area contributed by atoms with E-state index in [9.17, 15) is 9.59 Å². The van der Waals surface area contributed by atoms with Crippen LogP contribution >= 0.6 is 23.2 Å². The van der Waals surface area contributed by atoms with Gasteiger partial charge in [0.2, 0.25) is 11.9 Å². The number of nitrogens with zero attached hydrogens (tertiary/aromatic N) is 2. The van der Waals surface area contributed by atoms with E-state index in [-0.39, 0.29) is 50.8 Å². The number of aromatic nitrogens is 2. The summed E-state index contributed by atoms with van der Waals surface area (Å²) in [5, 5.41) is 9.92. The number of benzene rings is 1. The van der Waals surface area contributed by atoms with Gasteiger partial charge < -0.3 is 29.8 Å². The van der Waals surface area contributed by atoms with Crippen molar-refractivity contribution in [1.82, 2.24) is 20.6 Å². The molecule has 2 aromatic heterocycles. The van der Waals surface area contributed by atoms with Crippen LogP contribution in [0.2, 0.25) is 10.0 Å². The van der Waals surface area contributed by atoms with Crippen molar-refractivity contribution in [1.29, 1.82) is 0 Å². The topological polar surface area (TPSA) is 128 Å². The molecule has 1 aliphatic rings. The van der Waals surface area contributed by atoms with E-state index in [2.05, 4.69) is 32.5 Å². The molecule has 0 radical (unpaired) electrons. The molecule has 0 bridgehead atoms. The number of halogens is 2. The van der Waals surface area contributed by atoms with Crippen molar-refractivity contribution in [3.8, 4) is 22.8 Å². The smallest absolute Gasteiger partial charge is 0.363 e. The second-order valence-corrected chi connectivity index (χ2v) is 8.16. The average Bonchev–Trinajstić information content (AvgIpc) is 3.26. The van der Waals surface area contributed by atoms with Crippen LogP contribution in [0.3, 0.4) is 0 Å². The number of nitrogens with one attached hydrogen (secondary N) is 3. The van der Waals surface area contributed by atoms with Gasteiger partial charge in [-0.05, 0) is 12.1 Å². The maximum absolute atomic E-state index is 12.8. The first kappa shape index (κ1) is 23.8. The molecule has 34 heavy (non-hydrogen) atoms. The number of carbonyl (C=O) groups is 1. The van der Waals surface area contributed by atoms with Gasteiger partial charge in [0.05, 0.1) is 41.9 Å². The third-order valence-electron chi connectivity index (χ3n) is 5.36. The quantitative estimate of drug-likeness (QED) is 0.415. The summed E-state index contributed by atoms with van der Waals surface area (Å²) in [6.45, 7) is 4.61. The molecule has 0 unspecified atom stereocenters. The predicted octanol–water partition coefficient (Wildman–Crippen LogP) is 2.63. The number of hydrogen-bond acceptors (Lipinski definition) is 9. The van der Waals surface area contributed by atoms with E-state index >= 15 is 0 Å². The minimum Gasteiger partial charge on any atom is -0.495 e. The molecular weight excluding hydrogens is 485 g/mol. The molecule has 1 amide bonds. The number of ether oxygens (including phenoxy) is 2. The fourth-order valence-corrected chi connectivity index (χ4v) is 4.35. The minimum atomic E-state index is -0.701. The highest BCUT2D eigenvalue weighted by atomic mass is 35.5. The number of carbonyl (C=O) groups excluding carboxylic acids is 1. The minimum absolute atomic E-state index is 0.0704. The summed E-state index contributed by atoms with van der Waals surface area (Å²) in [5.74, 6) is 0.665. The lowest BCUT2D eigenvalue weighted by Crippen LogP contribution is -2.45. The number of rotatable bonds is 7. The molecule has 12 heteroatoms. The first-order valence-corrected chi connectivity index (χ1v) is 10.9. The van der Waals surface area contributed by atoms with E-state index in [1.807, 2.05) is 0 Å². The molecule has 3 aromatic rings. The van der Waals surface area contributed by atoms with Crippen molar-refractivity contribution < 1.29 is 18.7 Å². The zero-order chi connectivity index (χ0) is 24.4. The number of methoxy groups -OCH3 is 2. The Bertz CT molecular complexity index is 1300. The Labute approximate surface area is 204 Å². The fourth-order valence-electron chi connectivity index (χ4n) is 3.66. The molecule has 2 atom stereocenters. The summed E-state index contributed by atoms with van der Waals surface area (Å²) < 4.78 is 16.1.